The molecular weight excluding hydrogens is 202 g/mol. The average Bonchev–Trinajstić information content (AvgIpc) is 2.51. The van der Waals surface area contributed by atoms with Crippen molar-refractivity contribution in [1.29, 1.82) is 0 Å². The van der Waals surface area contributed by atoms with Gasteiger partial charge in [0.25, 0.3) is 0 Å². The maximum Gasteiger partial charge on any atom is 0.0607 e. The molecule has 1 nitrogen and oxygen atoms in total. The van der Waals surface area contributed by atoms with E-state index in [-0.39, 0.29) is 0 Å². The molecule has 1 aromatic heterocycles. The van der Waals surface area contributed by atoms with Crippen molar-refractivity contribution in [3.05, 3.63) is 16.1 Å². The molecule has 86 valence electrons. The van der Waals surface area contributed by atoms with Crippen molar-refractivity contribution in [2.45, 2.75) is 59.8 Å². The van der Waals surface area contributed by atoms with Gasteiger partial charge in [0, 0.05) is 10.8 Å². The molecule has 0 aliphatic rings. The van der Waals surface area contributed by atoms with Gasteiger partial charge in [0.15, 0.2) is 0 Å². The van der Waals surface area contributed by atoms with E-state index in [2.05, 4.69) is 39.0 Å². The Kier molecular flexibility index (Phi) is 4.78. The fraction of sp³-hybridized carbons (Fsp3) is 0.769. The van der Waals surface area contributed by atoms with Gasteiger partial charge in [-0.05, 0) is 43.3 Å². The molecule has 1 heterocycles. The van der Waals surface area contributed by atoms with Crippen molar-refractivity contribution < 1.29 is 0 Å². The monoisotopic (exact) mass is 225 g/mol. The fourth-order valence-corrected chi connectivity index (χ4v) is 3.05. The number of aryl methyl sites for hydroxylation is 1. The normalized spacial score (nSPS) is 15.3. The van der Waals surface area contributed by atoms with Crippen LogP contribution in [0.5, 0.6) is 0 Å². The standard InChI is InChI=1S/C13H23NS/c1-6-8-9(3)12(7-2)13-10(4)11(5)15-14-13/h9,12H,6-8H2,1-5H3. The third-order valence-electron chi connectivity index (χ3n) is 3.42. The highest BCUT2D eigenvalue weighted by Crippen LogP contribution is 2.34. The number of hydrogen-bond acceptors (Lipinski definition) is 2. The Morgan fingerprint density at radius 3 is 2.33 bits per heavy atom. The molecule has 0 spiro atoms. The molecule has 0 saturated heterocycles. The van der Waals surface area contributed by atoms with Gasteiger partial charge >= 0.3 is 0 Å². The number of hydrogen-bond donors (Lipinski definition) is 0. The van der Waals surface area contributed by atoms with Crippen molar-refractivity contribution in [2.24, 2.45) is 5.92 Å². The lowest BCUT2D eigenvalue weighted by molar-refractivity contribution is 0.408. The maximum absolute atomic E-state index is 4.63. The molecule has 2 heteroatoms. The second-order valence-corrected chi connectivity index (χ2v) is 5.51. The Morgan fingerprint density at radius 2 is 1.93 bits per heavy atom. The molecule has 0 aliphatic heterocycles. The summed E-state index contributed by atoms with van der Waals surface area (Å²) in [5.74, 6) is 1.43. The molecule has 1 rings (SSSR count). The first kappa shape index (κ1) is 12.7. The summed E-state index contributed by atoms with van der Waals surface area (Å²) < 4.78 is 4.63. The molecule has 0 saturated carbocycles. The molecule has 0 radical (unpaired) electrons. The first-order valence-electron chi connectivity index (χ1n) is 6.04. The van der Waals surface area contributed by atoms with E-state index in [0.29, 0.717) is 5.92 Å². The molecule has 15 heavy (non-hydrogen) atoms. The zero-order valence-electron chi connectivity index (χ0n) is 10.6. The number of aromatic nitrogens is 1. The van der Waals surface area contributed by atoms with E-state index in [9.17, 15) is 0 Å². The van der Waals surface area contributed by atoms with Crippen LogP contribution in [0, 0.1) is 19.8 Å². The first-order chi connectivity index (χ1) is 7.11. The molecule has 0 fully saturated rings. The topological polar surface area (TPSA) is 12.9 Å². The predicted octanol–water partition coefficient (Wildman–Crippen LogP) is 4.69. The number of rotatable bonds is 5. The van der Waals surface area contributed by atoms with Gasteiger partial charge in [-0.2, -0.15) is 4.37 Å². The largest absolute Gasteiger partial charge is 0.197 e. The molecule has 0 N–H and O–H groups in total. The second kappa shape index (κ2) is 5.64. The summed E-state index contributed by atoms with van der Waals surface area (Å²) >= 11 is 1.66. The van der Waals surface area contributed by atoms with Crippen LogP contribution in [-0.4, -0.2) is 4.37 Å². The van der Waals surface area contributed by atoms with Crippen LogP contribution >= 0.6 is 11.5 Å². The van der Waals surface area contributed by atoms with Crippen molar-refractivity contribution in [1.82, 2.24) is 4.37 Å². The van der Waals surface area contributed by atoms with Gasteiger partial charge in [-0.15, -0.1) is 0 Å². The van der Waals surface area contributed by atoms with Crippen molar-refractivity contribution >= 4 is 11.5 Å². The highest BCUT2D eigenvalue weighted by atomic mass is 32.1. The molecule has 0 aromatic carbocycles. The van der Waals surface area contributed by atoms with Gasteiger partial charge < -0.3 is 0 Å². The summed E-state index contributed by atoms with van der Waals surface area (Å²) in [4.78, 5) is 1.38. The quantitative estimate of drug-likeness (QED) is 0.708. The van der Waals surface area contributed by atoms with Crippen molar-refractivity contribution in [2.75, 3.05) is 0 Å². The summed E-state index contributed by atoms with van der Waals surface area (Å²) in [5, 5.41) is 0. The van der Waals surface area contributed by atoms with Crippen LogP contribution in [0.3, 0.4) is 0 Å². The van der Waals surface area contributed by atoms with E-state index < -0.39 is 0 Å². The minimum atomic E-state index is 0.662. The maximum atomic E-state index is 4.63. The average molecular weight is 225 g/mol. The van der Waals surface area contributed by atoms with Crippen LogP contribution in [0.15, 0.2) is 0 Å². The van der Waals surface area contributed by atoms with E-state index in [4.69, 9.17) is 0 Å². The molecule has 0 amide bonds. The zero-order valence-corrected chi connectivity index (χ0v) is 11.4. The summed E-state index contributed by atoms with van der Waals surface area (Å²) in [6, 6.07) is 0. The fourth-order valence-electron chi connectivity index (χ4n) is 2.30. The molecular formula is C13H23NS. The summed E-state index contributed by atoms with van der Waals surface area (Å²) in [6.45, 7) is 11.3. The van der Waals surface area contributed by atoms with Crippen molar-refractivity contribution in [3.8, 4) is 0 Å². The van der Waals surface area contributed by atoms with Gasteiger partial charge in [0.05, 0.1) is 5.69 Å². The predicted molar refractivity (Wildman–Crippen MR) is 68.7 cm³/mol. The zero-order chi connectivity index (χ0) is 11.4. The molecule has 0 bridgehead atoms. The van der Waals surface area contributed by atoms with E-state index in [1.165, 1.54) is 35.4 Å². The summed E-state index contributed by atoms with van der Waals surface area (Å²) in [7, 11) is 0. The Balaban J connectivity index is 2.87. The number of nitrogens with zero attached hydrogens (tertiary/aromatic N) is 1. The minimum Gasteiger partial charge on any atom is -0.197 e. The second-order valence-electron chi connectivity index (χ2n) is 4.53. The Bertz CT molecular complexity index is 303. The SMILES string of the molecule is CCCC(C)C(CC)c1nsc(C)c1C. The highest BCUT2D eigenvalue weighted by Gasteiger charge is 2.21. The van der Waals surface area contributed by atoms with Crippen LogP contribution in [0.25, 0.3) is 0 Å². The lowest BCUT2D eigenvalue weighted by Crippen LogP contribution is -2.10. The Hall–Kier alpha value is -0.370. The van der Waals surface area contributed by atoms with Gasteiger partial charge in [-0.3, -0.25) is 0 Å². The van der Waals surface area contributed by atoms with Crippen LogP contribution in [0.4, 0.5) is 0 Å². The van der Waals surface area contributed by atoms with Gasteiger partial charge in [0.2, 0.25) is 0 Å². The third-order valence-corrected chi connectivity index (χ3v) is 4.28. The molecule has 2 atom stereocenters. The Labute approximate surface area is 98.1 Å². The van der Waals surface area contributed by atoms with Gasteiger partial charge in [-0.25, -0.2) is 0 Å². The van der Waals surface area contributed by atoms with Gasteiger partial charge in [0.1, 0.15) is 0 Å². The summed E-state index contributed by atoms with van der Waals surface area (Å²) in [5.41, 5.74) is 2.79. The van der Waals surface area contributed by atoms with Crippen LogP contribution < -0.4 is 0 Å². The smallest absolute Gasteiger partial charge is 0.0607 e. The molecule has 0 aliphatic carbocycles. The van der Waals surface area contributed by atoms with Crippen LogP contribution in [0.1, 0.15) is 62.1 Å². The Morgan fingerprint density at radius 1 is 1.27 bits per heavy atom. The minimum absolute atomic E-state index is 0.662. The van der Waals surface area contributed by atoms with E-state index >= 15 is 0 Å². The van der Waals surface area contributed by atoms with Crippen LogP contribution in [0.2, 0.25) is 0 Å². The van der Waals surface area contributed by atoms with E-state index in [1.807, 2.05) is 0 Å². The first-order valence-corrected chi connectivity index (χ1v) is 6.81. The summed E-state index contributed by atoms with van der Waals surface area (Å²) in [6.07, 6.45) is 3.81. The van der Waals surface area contributed by atoms with Gasteiger partial charge in [-0.1, -0.05) is 33.6 Å². The third kappa shape index (κ3) is 2.81. The molecule has 1 aromatic rings. The van der Waals surface area contributed by atoms with Crippen molar-refractivity contribution in [3.63, 3.8) is 0 Å². The van der Waals surface area contributed by atoms with E-state index in [0.717, 1.165) is 5.92 Å². The lowest BCUT2D eigenvalue weighted by atomic mass is 9.84. The van der Waals surface area contributed by atoms with E-state index in [1.54, 1.807) is 11.5 Å². The lowest BCUT2D eigenvalue weighted by Gasteiger charge is -2.21. The highest BCUT2D eigenvalue weighted by molar-refractivity contribution is 7.05. The van der Waals surface area contributed by atoms with Crippen LogP contribution in [-0.2, 0) is 0 Å². The molecule has 2 unspecified atom stereocenters.